The Hall–Kier alpha value is -2.71. The van der Waals surface area contributed by atoms with E-state index in [0.29, 0.717) is 15.9 Å². The Morgan fingerprint density at radius 2 is 2.06 bits per heavy atom. The summed E-state index contributed by atoms with van der Waals surface area (Å²) in [6, 6.07) is 11.2. The molecule has 2 atom stereocenters. The summed E-state index contributed by atoms with van der Waals surface area (Å²) in [6.07, 6.45) is 1.73. The lowest BCUT2D eigenvalue weighted by Gasteiger charge is -2.33. The van der Waals surface area contributed by atoms with Crippen LogP contribution in [0.3, 0.4) is 0 Å². The van der Waals surface area contributed by atoms with Crippen molar-refractivity contribution in [1.29, 1.82) is 0 Å². The third-order valence-corrected chi connectivity index (χ3v) is 6.92. The first-order valence-corrected chi connectivity index (χ1v) is 11.8. The second-order valence-corrected chi connectivity index (χ2v) is 9.35. The molecule has 0 bridgehead atoms. The molecule has 7 nitrogen and oxygen atoms in total. The number of hydrogen-bond acceptors (Lipinski definition) is 6. The van der Waals surface area contributed by atoms with Crippen LogP contribution < -0.4 is 15.5 Å². The van der Waals surface area contributed by atoms with Crippen LogP contribution >= 0.6 is 23.4 Å². The van der Waals surface area contributed by atoms with Gasteiger partial charge in [0.15, 0.2) is 5.82 Å². The molecule has 0 unspecified atom stereocenters. The van der Waals surface area contributed by atoms with Crippen molar-refractivity contribution in [3.63, 3.8) is 0 Å². The second kappa shape index (κ2) is 9.42. The second-order valence-electron chi connectivity index (χ2n) is 7.83. The number of thioether (sulfide) groups is 1. The van der Waals surface area contributed by atoms with Gasteiger partial charge in [-0.2, -0.15) is 0 Å². The van der Waals surface area contributed by atoms with E-state index in [4.69, 9.17) is 16.3 Å². The van der Waals surface area contributed by atoms with Gasteiger partial charge in [-0.25, -0.2) is 4.68 Å². The van der Waals surface area contributed by atoms with Gasteiger partial charge >= 0.3 is 0 Å². The van der Waals surface area contributed by atoms with E-state index in [1.54, 1.807) is 7.11 Å². The fourth-order valence-corrected chi connectivity index (χ4v) is 5.13. The summed E-state index contributed by atoms with van der Waals surface area (Å²) in [7, 11) is 1.58. The molecule has 168 valence electrons. The fourth-order valence-electron chi connectivity index (χ4n) is 3.77. The van der Waals surface area contributed by atoms with Crippen molar-refractivity contribution in [2.75, 3.05) is 17.9 Å². The molecule has 9 heteroatoms. The smallest absolute Gasteiger partial charge is 0.240 e. The van der Waals surface area contributed by atoms with Gasteiger partial charge in [-0.3, -0.25) is 4.79 Å². The number of hydrogen-bond donors (Lipinski definition) is 2. The normalized spacial score (nSPS) is 17.4. The fraction of sp³-hybridized carbons (Fsp3) is 0.348. The van der Waals surface area contributed by atoms with E-state index in [9.17, 15) is 4.79 Å². The van der Waals surface area contributed by atoms with Crippen LogP contribution in [0, 0.1) is 13.8 Å². The lowest BCUT2D eigenvalue weighted by Crippen LogP contribution is -2.41. The van der Waals surface area contributed by atoms with Crippen molar-refractivity contribution >= 4 is 35.0 Å². The van der Waals surface area contributed by atoms with E-state index in [-0.39, 0.29) is 11.9 Å². The molecule has 0 radical (unpaired) electrons. The molecule has 2 aromatic carbocycles. The molecular formula is C23H26ClN5O2S. The molecule has 1 aromatic heterocycles. The zero-order valence-corrected chi connectivity index (χ0v) is 20.0. The molecule has 0 saturated heterocycles. The summed E-state index contributed by atoms with van der Waals surface area (Å²) in [5, 5.41) is 12.4. The van der Waals surface area contributed by atoms with Gasteiger partial charge in [0.2, 0.25) is 11.1 Å². The number of benzene rings is 2. The van der Waals surface area contributed by atoms with Crippen LogP contribution in [0.25, 0.3) is 0 Å². The lowest BCUT2D eigenvalue weighted by atomic mass is 10.0. The van der Waals surface area contributed by atoms with E-state index < -0.39 is 5.25 Å². The number of fused-ring (bicyclic) bond motifs is 1. The van der Waals surface area contributed by atoms with Gasteiger partial charge < -0.3 is 15.5 Å². The summed E-state index contributed by atoms with van der Waals surface area (Å²) in [5.74, 6) is 1.32. The number of carbonyl (C=O) groups is 1. The molecule has 4 rings (SSSR count). The van der Waals surface area contributed by atoms with Crippen LogP contribution in [-0.4, -0.2) is 33.1 Å². The maximum absolute atomic E-state index is 13.5. The van der Waals surface area contributed by atoms with Crippen molar-refractivity contribution < 1.29 is 9.53 Å². The number of halogens is 1. The number of nitrogens with one attached hydrogen (secondary N) is 2. The molecule has 1 aliphatic rings. The van der Waals surface area contributed by atoms with Crippen molar-refractivity contribution in [2.45, 2.75) is 50.1 Å². The summed E-state index contributed by atoms with van der Waals surface area (Å²) in [6.45, 7) is 6.12. The molecule has 0 saturated carbocycles. The third kappa shape index (κ3) is 4.42. The topological polar surface area (TPSA) is 81.1 Å². The van der Waals surface area contributed by atoms with E-state index >= 15 is 0 Å². The number of ether oxygens (including phenoxy) is 1. The standard InChI is InChI=1S/C23H26ClN5O2S/c1-5-6-19-26-27-23-29(19)28-20(15-8-10-18(31-4)16(24)12-15)21(32-23)22(30)25-17-9-7-13(2)11-14(17)3/h7-12,20-21,28H,5-6H2,1-4H3,(H,25,30)/t20-,21-/m1/s1. The highest BCUT2D eigenvalue weighted by Gasteiger charge is 2.38. The molecule has 1 aliphatic heterocycles. The van der Waals surface area contributed by atoms with Crippen LogP contribution in [0.15, 0.2) is 41.6 Å². The number of rotatable bonds is 6. The Kier molecular flexibility index (Phi) is 6.62. The van der Waals surface area contributed by atoms with E-state index in [0.717, 1.165) is 41.0 Å². The first-order valence-electron chi connectivity index (χ1n) is 10.5. The van der Waals surface area contributed by atoms with E-state index in [1.165, 1.54) is 11.8 Å². The number of carbonyl (C=O) groups excluding carboxylic acids is 1. The first kappa shape index (κ1) is 22.5. The zero-order chi connectivity index (χ0) is 22.8. The Bertz CT molecular complexity index is 1150. The quantitative estimate of drug-likeness (QED) is 0.531. The maximum atomic E-state index is 13.5. The molecule has 0 aliphatic carbocycles. The van der Waals surface area contributed by atoms with Crippen LogP contribution in [0.1, 0.15) is 41.9 Å². The number of nitrogens with zero attached hydrogens (tertiary/aromatic N) is 3. The Balaban J connectivity index is 1.69. The van der Waals surface area contributed by atoms with Crippen LogP contribution in [0.5, 0.6) is 5.75 Å². The maximum Gasteiger partial charge on any atom is 0.240 e. The summed E-state index contributed by atoms with van der Waals surface area (Å²) < 4.78 is 7.18. The van der Waals surface area contributed by atoms with Crippen LogP contribution in [-0.2, 0) is 11.2 Å². The van der Waals surface area contributed by atoms with Gasteiger partial charge in [0.1, 0.15) is 11.0 Å². The predicted molar refractivity (Wildman–Crippen MR) is 128 cm³/mol. The zero-order valence-electron chi connectivity index (χ0n) is 18.5. The Morgan fingerprint density at radius 1 is 1.25 bits per heavy atom. The van der Waals surface area contributed by atoms with Gasteiger partial charge in [0, 0.05) is 12.1 Å². The number of methoxy groups -OCH3 is 1. The van der Waals surface area contributed by atoms with Crippen LogP contribution in [0.2, 0.25) is 5.02 Å². The van der Waals surface area contributed by atoms with Gasteiger partial charge in [0.05, 0.1) is 18.2 Å². The SMILES string of the molecule is CCCc1nnc2n1N[C@H](c1ccc(OC)c(Cl)c1)[C@H](C(=O)Nc1ccc(C)cc1C)S2. The van der Waals surface area contributed by atoms with Gasteiger partial charge in [0.25, 0.3) is 0 Å². The minimum Gasteiger partial charge on any atom is -0.495 e. The minimum absolute atomic E-state index is 0.113. The average Bonchev–Trinajstić information content (AvgIpc) is 3.17. The monoisotopic (exact) mass is 471 g/mol. The summed E-state index contributed by atoms with van der Waals surface area (Å²) >= 11 is 7.81. The number of aromatic nitrogens is 3. The molecule has 2 N–H and O–H groups in total. The molecular weight excluding hydrogens is 446 g/mol. The van der Waals surface area contributed by atoms with Crippen molar-refractivity contribution in [2.24, 2.45) is 0 Å². The predicted octanol–water partition coefficient (Wildman–Crippen LogP) is 4.91. The van der Waals surface area contributed by atoms with Crippen LogP contribution in [0.4, 0.5) is 5.69 Å². The molecule has 2 heterocycles. The molecule has 3 aromatic rings. The minimum atomic E-state index is -0.480. The molecule has 32 heavy (non-hydrogen) atoms. The van der Waals surface area contributed by atoms with Crippen molar-refractivity contribution in [3.05, 3.63) is 63.9 Å². The van der Waals surface area contributed by atoms with Crippen molar-refractivity contribution in [3.8, 4) is 5.75 Å². The van der Waals surface area contributed by atoms with Gasteiger partial charge in [-0.05, 0) is 49.6 Å². The van der Waals surface area contributed by atoms with Gasteiger partial charge in [-0.1, -0.05) is 54.0 Å². The third-order valence-electron chi connectivity index (χ3n) is 5.41. The molecule has 1 amide bonds. The van der Waals surface area contributed by atoms with Crippen molar-refractivity contribution in [1.82, 2.24) is 14.9 Å². The first-order chi connectivity index (χ1) is 15.4. The highest BCUT2D eigenvalue weighted by Crippen LogP contribution is 2.39. The molecule has 0 fully saturated rings. The summed E-state index contributed by atoms with van der Waals surface area (Å²) in [5.41, 5.74) is 7.31. The van der Waals surface area contributed by atoms with Gasteiger partial charge in [-0.15, -0.1) is 10.2 Å². The Labute approximate surface area is 196 Å². The van der Waals surface area contributed by atoms with E-state index in [1.807, 2.05) is 48.9 Å². The average molecular weight is 472 g/mol. The highest BCUT2D eigenvalue weighted by atomic mass is 35.5. The lowest BCUT2D eigenvalue weighted by molar-refractivity contribution is -0.116. The Morgan fingerprint density at radius 3 is 2.75 bits per heavy atom. The van der Waals surface area contributed by atoms with E-state index in [2.05, 4.69) is 33.9 Å². The largest absolute Gasteiger partial charge is 0.495 e. The number of anilines is 1. The number of amides is 1. The number of aryl methyl sites for hydroxylation is 3. The summed E-state index contributed by atoms with van der Waals surface area (Å²) in [4.78, 5) is 13.5. The molecule has 0 spiro atoms. The highest BCUT2D eigenvalue weighted by molar-refractivity contribution is 8.00.